The van der Waals surface area contributed by atoms with E-state index in [-0.39, 0.29) is 5.25 Å². The van der Waals surface area contributed by atoms with E-state index in [1.165, 1.54) is 9.79 Å². The summed E-state index contributed by atoms with van der Waals surface area (Å²) in [5.74, 6) is 15.3. The maximum atomic E-state index is 5.33. The van der Waals surface area contributed by atoms with Gasteiger partial charge in [-0.3, -0.25) is 0 Å². The lowest BCUT2D eigenvalue weighted by Gasteiger charge is -2.12. The molecule has 0 radical (unpaired) electrons. The molecule has 3 aromatic carbocycles. The Morgan fingerprint density at radius 2 is 1.53 bits per heavy atom. The summed E-state index contributed by atoms with van der Waals surface area (Å²) in [5, 5.41) is -0.0719. The maximum absolute atomic E-state index is 5.33. The Hall–Kier alpha value is -3.02. The van der Waals surface area contributed by atoms with Crippen LogP contribution < -0.4 is 4.74 Å². The highest BCUT2D eigenvalue weighted by Crippen LogP contribution is 2.29. The second-order valence-corrected chi connectivity index (χ2v) is 10.1. The molecule has 0 fully saturated rings. The van der Waals surface area contributed by atoms with Crippen LogP contribution in [0, 0.1) is 23.7 Å². The summed E-state index contributed by atoms with van der Waals surface area (Å²) in [6.45, 7) is 0.771. The Morgan fingerprint density at radius 1 is 0.833 bits per heavy atom. The van der Waals surface area contributed by atoms with Crippen LogP contribution in [0.1, 0.15) is 24.8 Å². The van der Waals surface area contributed by atoms with Gasteiger partial charge in [0.05, 0.1) is 12.9 Å². The molecule has 0 heterocycles. The molecular weight excluding hydrogens is 480 g/mol. The predicted octanol–water partition coefficient (Wildman–Crippen LogP) is 7.86. The first-order chi connectivity index (χ1) is 17.8. The molecule has 0 N–H and O–H groups in total. The number of benzene rings is 3. The lowest BCUT2D eigenvalue weighted by atomic mass is 10.1. The van der Waals surface area contributed by atoms with Crippen molar-refractivity contribution in [3.05, 3.63) is 96.1 Å². The SMILES string of the molecule is COCCCCC#C/C(=C\c1ccc(OC)cc1)C(C#CCSc1ccccc1)Sc1ccccc1. The average molecular weight is 513 g/mol. The molecule has 0 bridgehead atoms. The zero-order valence-electron chi connectivity index (χ0n) is 20.9. The van der Waals surface area contributed by atoms with Gasteiger partial charge in [-0.15, -0.1) is 23.5 Å². The minimum Gasteiger partial charge on any atom is -0.497 e. The molecule has 0 saturated heterocycles. The molecule has 184 valence electrons. The summed E-state index contributed by atoms with van der Waals surface area (Å²) < 4.78 is 10.5. The van der Waals surface area contributed by atoms with Crippen LogP contribution in [0.3, 0.4) is 0 Å². The van der Waals surface area contributed by atoms with E-state index in [9.17, 15) is 0 Å². The van der Waals surface area contributed by atoms with Gasteiger partial charge in [0.1, 0.15) is 11.0 Å². The number of hydrogen-bond acceptors (Lipinski definition) is 4. The monoisotopic (exact) mass is 512 g/mol. The largest absolute Gasteiger partial charge is 0.497 e. The summed E-state index contributed by atoms with van der Waals surface area (Å²) in [5.41, 5.74) is 2.09. The highest BCUT2D eigenvalue weighted by atomic mass is 32.2. The molecule has 0 aliphatic carbocycles. The van der Waals surface area contributed by atoms with Gasteiger partial charge in [-0.2, -0.15) is 0 Å². The maximum Gasteiger partial charge on any atom is 0.118 e. The number of rotatable bonds is 11. The molecule has 36 heavy (non-hydrogen) atoms. The first-order valence-corrected chi connectivity index (χ1v) is 13.9. The fourth-order valence-electron chi connectivity index (χ4n) is 3.26. The quantitative estimate of drug-likeness (QED) is 0.148. The van der Waals surface area contributed by atoms with Gasteiger partial charge in [0.15, 0.2) is 0 Å². The number of methoxy groups -OCH3 is 2. The van der Waals surface area contributed by atoms with Gasteiger partial charge in [0, 0.05) is 35.5 Å². The third-order valence-corrected chi connectivity index (χ3v) is 7.18. The summed E-state index contributed by atoms with van der Waals surface area (Å²) in [4.78, 5) is 2.40. The molecular formula is C32H32O2S2. The number of thioether (sulfide) groups is 2. The van der Waals surface area contributed by atoms with Crippen molar-refractivity contribution >= 4 is 29.6 Å². The van der Waals surface area contributed by atoms with E-state index in [1.54, 1.807) is 37.7 Å². The molecule has 0 amide bonds. The van der Waals surface area contributed by atoms with Crippen molar-refractivity contribution < 1.29 is 9.47 Å². The minimum absolute atomic E-state index is 0.0719. The second kappa shape index (κ2) is 16.6. The molecule has 1 atom stereocenters. The molecule has 0 aromatic heterocycles. The van der Waals surface area contributed by atoms with Crippen molar-refractivity contribution in [2.24, 2.45) is 0 Å². The predicted molar refractivity (Wildman–Crippen MR) is 156 cm³/mol. The zero-order chi connectivity index (χ0) is 25.3. The molecule has 3 rings (SSSR count). The van der Waals surface area contributed by atoms with Crippen LogP contribution in [0.2, 0.25) is 0 Å². The van der Waals surface area contributed by atoms with Crippen LogP contribution in [0.15, 0.2) is 100 Å². The summed E-state index contributed by atoms with van der Waals surface area (Å²) in [6.07, 6.45) is 5.03. The van der Waals surface area contributed by atoms with Crippen LogP contribution in [0.4, 0.5) is 0 Å². The van der Waals surface area contributed by atoms with Crippen LogP contribution in [0.5, 0.6) is 5.75 Å². The van der Waals surface area contributed by atoms with E-state index in [2.05, 4.69) is 90.4 Å². The van der Waals surface area contributed by atoms with Gasteiger partial charge in [0.2, 0.25) is 0 Å². The van der Waals surface area contributed by atoms with Crippen LogP contribution in [-0.4, -0.2) is 31.8 Å². The van der Waals surface area contributed by atoms with Crippen molar-refractivity contribution in [1.29, 1.82) is 0 Å². The van der Waals surface area contributed by atoms with E-state index in [0.29, 0.717) is 0 Å². The summed E-state index contributed by atoms with van der Waals surface area (Å²) >= 11 is 3.50. The van der Waals surface area contributed by atoms with Crippen LogP contribution >= 0.6 is 23.5 Å². The normalized spacial score (nSPS) is 11.6. The zero-order valence-corrected chi connectivity index (χ0v) is 22.5. The van der Waals surface area contributed by atoms with E-state index < -0.39 is 0 Å². The number of unbranched alkanes of at least 4 members (excludes halogenated alkanes) is 2. The first-order valence-electron chi connectivity index (χ1n) is 12.0. The molecule has 0 spiro atoms. The Balaban J connectivity index is 1.86. The Kier molecular flexibility index (Phi) is 12.7. The molecule has 3 aromatic rings. The van der Waals surface area contributed by atoms with Crippen molar-refractivity contribution in [2.75, 3.05) is 26.6 Å². The Morgan fingerprint density at radius 3 is 2.19 bits per heavy atom. The molecule has 1 unspecified atom stereocenters. The first kappa shape index (κ1) is 27.6. The standard InChI is InChI=1S/C32H32O2S2/c1-33-24-12-4-3-7-14-28(26-27-20-22-29(34-2)23-21-27)32(36-31-17-10-6-11-18-31)19-13-25-35-30-15-8-5-9-16-30/h5-6,8-11,15-18,20-23,26,32H,3-4,12,24-25H2,1-2H3/b28-26+. The lowest BCUT2D eigenvalue weighted by Crippen LogP contribution is -2.03. The average Bonchev–Trinajstić information content (AvgIpc) is 2.93. The van der Waals surface area contributed by atoms with Gasteiger partial charge < -0.3 is 9.47 Å². The van der Waals surface area contributed by atoms with Crippen molar-refractivity contribution in [3.8, 4) is 29.4 Å². The lowest BCUT2D eigenvalue weighted by molar-refractivity contribution is 0.193. The Labute approximate surface area is 224 Å². The fourth-order valence-corrected chi connectivity index (χ4v) is 4.91. The molecule has 0 aliphatic heterocycles. The minimum atomic E-state index is -0.0719. The summed E-state index contributed by atoms with van der Waals surface area (Å²) in [6, 6.07) is 28.9. The highest BCUT2D eigenvalue weighted by molar-refractivity contribution is 8.00. The Bertz CT molecular complexity index is 1180. The summed E-state index contributed by atoms with van der Waals surface area (Å²) in [7, 11) is 3.42. The van der Waals surface area contributed by atoms with Crippen LogP contribution in [-0.2, 0) is 4.74 Å². The van der Waals surface area contributed by atoms with Gasteiger partial charge in [-0.25, -0.2) is 0 Å². The van der Waals surface area contributed by atoms with Gasteiger partial charge in [-0.1, -0.05) is 72.2 Å². The number of hydrogen-bond donors (Lipinski definition) is 0. The van der Waals surface area contributed by atoms with E-state index in [4.69, 9.17) is 9.47 Å². The van der Waals surface area contributed by atoms with Gasteiger partial charge >= 0.3 is 0 Å². The highest BCUT2D eigenvalue weighted by Gasteiger charge is 2.13. The third-order valence-electron chi connectivity index (χ3n) is 5.14. The molecule has 4 heteroatoms. The number of ether oxygens (including phenoxy) is 2. The second-order valence-electron chi connectivity index (χ2n) is 7.86. The smallest absolute Gasteiger partial charge is 0.118 e. The van der Waals surface area contributed by atoms with Gasteiger partial charge in [-0.05, 0) is 60.9 Å². The van der Waals surface area contributed by atoms with E-state index in [1.807, 2.05) is 24.3 Å². The van der Waals surface area contributed by atoms with Crippen LogP contribution in [0.25, 0.3) is 6.08 Å². The van der Waals surface area contributed by atoms with Crippen molar-refractivity contribution in [1.82, 2.24) is 0 Å². The van der Waals surface area contributed by atoms with Gasteiger partial charge in [0.25, 0.3) is 0 Å². The van der Waals surface area contributed by atoms with Crippen molar-refractivity contribution in [2.45, 2.75) is 34.3 Å². The third kappa shape index (κ3) is 10.3. The van der Waals surface area contributed by atoms with Crippen molar-refractivity contribution in [3.63, 3.8) is 0 Å². The van der Waals surface area contributed by atoms with E-state index >= 15 is 0 Å². The van der Waals surface area contributed by atoms with E-state index in [0.717, 1.165) is 48.5 Å². The molecule has 0 saturated carbocycles. The fraction of sp³-hybridized carbons (Fsp3) is 0.250. The molecule has 0 aliphatic rings. The molecule has 2 nitrogen and oxygen atoms in total. The topological polar surface area (TPSA) is 18.5 Å².